The van der Waals surface area contributed by atoms with Crippen LogP contribution in [0.1, 0.15) is 12.5 Å². The molecule has 3 rings (SSSR count). The fraction of sp³-hybridized carbons (Fsp3) is 0.235. The highest BCUT2D eigenvalue weighted by Gasteiger charge is 2.17. The van der Waals surface area contributed by atoms with E-state index in [1.165, 1.54) is 22.4 Å². The second-order valence-electron chi connectivity index (χ2n) is 5.40. The summed E-state index contributed by atoms with van der Waals surface area (Å²) in [6.07, 6.45) is 3.52. The van der Waals surface area contributed by atoms with E-state index >= 15 is 0 Å². The number of benzene rings is 1. The first kappa shape index (κ1) is 17.6. The lowest BCUT2D eigenvalue weighted by Crippen LogP contribution is -2.22. The quantitative estimate of drug-likeness (QED) is 0.503. The number of aromatic nitrogens is 3. The molecule has 2 heterocycles. The average molecular weight is 375 g/mol. The van der Waals surface area contributed by atoms with Crippen molar-refractivity contribution >= 4 is 32.6 Å². The highest BCUT2D eigenvalue weighted by atomic mass is 32.2. The Kier molecular flexibility index (Phi) is 4.91. The SMILES string of the molecule is CCS(=O)(=O)c1ccccc1Cn1c(=O)ccc2cnc(SC)nc21. The van der Waals surface area contributed by atoms with Crippen LogP contribution in [0.3, 0.4) is 0 Å². The molecule has 0 unspecified atom stereocenters. The number of thioether (sulfide) groups is 1. The number of nitrogens with zero attached hydrogens (tertiary/aromatic N) is 3. The zero-order chi connectivity index (χ0) is 18.0. The molecule has 0 aliphatic heterocycles. The van der Waals surface area contributed by atoms with Gasteiger partial charge in [0.15, 0.2) is 15.0 Å². The fourth-order valence-electron chi connectivity index (χ4n) is 2.57. The van der Waals surface area contributed by atoms with E-state index in [2.05, 4.69) is 9.97 Å². The third-order valence-electron chi connectivity index (χ3n) is 3.90. The Labute approximate surface area is 149 Å². The van der Waals surface area contributed by atoms with Gasteiger partial charge in [-0.1, -0.05) is 36.9 Å². The minimum absolute atomic E-state index is 0.00718. The van der Waals surface area contributed by atoms with E-state index in [0.29, 0.717) is 16.4 Å². The van der Waals surface area contributed by atoms with Gasteiger partial charge in [-0.2, -0.15) is 0 Å². The van der Waals surface area contributed by atoms with Crippen molar-refractivity contribution in [1.82, 2.24) is 14.5 Å². The molecule has 130 valence electrons. The number of hydrogen-bond acceptors (Lipinski definition) is 6. The van der Waals surface area contributed by atoms with Crippen LogP contribution in [0.15, 0.2) is 57.4 Å². The molecule has 0 aliphatic carbocycles. The highest BCUT2D eigenvalue weighted by molar-refractivity contribution is 7.98. The standard InChI is InChI=1S/C17H17N3O3S2/c1-3-25(22,23)14-7-5-4-6-13(14)11-20-15(21)9-8-12-10-18-17(24-2)19-16(12)20/h4-10H,3,11H2,1-2H3. The summed E-state index contributed by atoms with van der Waals surface area (Å²) in [6, 6.07) is 9.87. The minimum Gasteiger partial charge on any atom is -0.288 e. The average Bonchev–Trinajstić information content (AvgIpc) is 2.64. The van der Waals surface area contributed by atoms with Crippen LogP contribution in [0, 0.1) is 0 Å². The van der Waals surface area contributed by atoms with Crippen LogP contribution in [0.25, 0.3) is 11.0 Å². The van der Waals surface area contributed by atoms with Gasteiger partial charge in [0.2, 0.25) is 0 Å². The molecule has 8 heteroatoms. The predicted molar refractivity (Wildman–Crippen MR) is 98.8 cm³/mol. The Morgan fingerprint density at radius 1 is 1.16 bits per heavy atom. The second kappa shape index (κ2) is 6.97. The molecule has 6 nitrogen and oxygen atoms in total. The van der Waals surface area contributed by atoms with Crippen LogP contribution in [0.4, 0.5) is 0 Å². The molecule has 3 aromatic rings. The van der Waals surface area contributed by atoms with Gasteiger partial charge >= 0.3 is 0 Å². The summed E-state index contributed by atoms with van der Waals surface area (Å²) in [4.78, 5) is 21.3. The molecular formula is C17H17N3O3S2. The zero-order valence-corrected chi connectivity index (χ0v) is 15.5. The fourth-order valence-corrected chi connectivity index (χ4v) is 4.04. The topological polar surface area (TPSA) is 81.9 Å². The molecule has 0 aliphatic rings. The molecule has 0 saturated carbocycles. The molecular weight excluding hydrogens is 358 g/mol. The van der Waals surface area contributed by atoms with Crippen molar-refractivity contribution in [2.24, 2.45) is 0 Å². The zero-order valence-electron chi connectivity index (χ0n) is 13.8. The molecule has 0 fully saturated rings. The van der Waals surface area contributed by atoms with Crippen molar-refractivity contribution in [1.29, 1.82) is 0 Å². The second-order valence-corrected chi connectivity index (χ2v) is 8.42. The van der Waals surface area contributed by atoms with Gasteiger partial charge in [0.25, 0.3) is 5.56 Å². The summed E-state index contributed by atoms with van der Waals surface area (Å²) < 4.78 is 26.2. The first-order valence-electron chi connectivity index (χ1n) is 7.67. The molecule has 0 N–H and O–H groups in total. The van der Waals surface area contributed by atoms with E-state index in [4.69, 9.17) is 0 Å². The first-order chi connectivity index (χ1) is 12.0. The van der Waals surface area contributed by atoms with Gasteiger partial charge in [0, 0.05) is 17.6 Å². The predicted octanol–water partition coefficient (Wildman–Crippen LogP) is 2.36. The summed E-state index contributed by atoms with van der Waals surface area (Å²) in [5.74, 6) is 0.00718. The van der Waals surface area contributed by atoms with Gasteiger partial charge in [0.1, 0.15) is 5.65 Å². The van der Waals surface area contributed by atoms with Crippen molar-refractivity contribution in [3.63, 3.8) is 0 Å². The van der Waals surface area contributed by atoms with Crippen LogP contribution >= 0.6 is 11.8 Å². The molecule has 0 bridgehead atoms. The summed E-state index contributed by atoms with van der Waals surface area (Å²) in [5.41, 5.74) is 0.834. The molecule has 25 heavy (non-hydrogen) atoms. The van der Waals surface area contributed by atoms with Gasteiger partial charge in [-0.3, -0.25) is 9.36 Å². The maximum absolute atomic E-state index is 12.4. The third kappa shape index (κ3) is 3.45. The lowest BCUT2D eigenvalue weighted by molar-refractivity contribution is 0.595. The lowest BCUT2D eigenvalue weighted by Gasteiger charge is -2.13. The summed E-state index contributed by atoms with van der Waals surface area (Å²) >= 11 is 1.38. The van der Waals surface area contributed by atoms with E-state index in [9.17, 15) is 13.2 Å². The molecule has 0 saturated heterocycles. The largest absolute Gasteiger partial charge is 0.288 e. The minimum atomic E-state index is -3.38. The molecule has 1 aromatic carbocycles. The van der Waals surface area contributed by atoms with E-state index in [1.54, 1.807) is 43.5 Å². The smallest absolute Gasteiger partial charge is 0.252 e. The first-order valence-corrected chi connectivity index (χ1v) is 10.5. The molecule has 0 atom stereocenters. The van der Waals surface area contributed by atoms with Gasteiger partial charge in [-0.05, 0) is 24.0 Å². The van der Waals surface area contributed by atoms with Crippen molar-refractivity contribution in [2.45, 2.75) is 23.5 Å². The molecule has 0 radical (unpaired) electrons. The monoisotopic (exact) mass is 375 g/mol. The maximum atomic E-state index is 12.4. The Morgan fingerprint density at radius 2 is 1.92 bits per heavy atom. The van der Waals surface area contributed by atoms with Crippen LogP contribution in [0.2, 0.25) is 0 Å². The van der Waals surface area contributed by atoms with Gasteiger partial charge < -0.3 is 0 Å². The van der Waals surface area contributed by atoms with E-state index < -0.39 is 9.84 Å². The Balaban J connectivity index is 2.20. The molecule has 0 spiro atoms. The summed E-state index contributed by atoms with van der Waals surface area (Å²) in [5, 5.41) is 1.29. The molecule has 0 amide bonds. The van der Waals surface area contributed by atoms with E-state index in [0.717, 1.165) is 5.39 Å². The Bertz CT molecular complexity index is 1090. The van der Waals surface area contributed by atoms with E-state index in [-0.39, 0.29) is 22.8 Å². The van der Waals surface area contributed by atoms with Crippen LogP contribution in [0.5, 0.6) is 0 Å². The number of sulfone groups is 1. The summed E-state index contributed by atoms with van der Waals surface area (Å²) in [7, 11) is -3.38. The Morgan fingerprint density at radius 3 is 2.64 bits per heavy atom. The van der Waals surface area contributed by atoms with Crippen molar-refractivity contribution in [3.05, 3.63) is 58.5 Å². The lowest BCUT2D eigenvalue weighted by atomic mass is 10.2. The van der Waals surface area contributed by atoms with Crippen LogP contribution in [-0.2, 0) is 16.4 Å². The normalized spacial score (nSPS) is 11.8. The highest BCUT2D eigenvalue weighted by Crippen LogP contribution is 2.20. The number of rotatable bonds is 5. The molecule has 2 aromatic heterocycles. The van der Waals surface area contributed by atoms with Crippen molar-refractivity contribution in [2.75, 3.05) is 12.0 Å². The van der Waals surface area contributed by atoms with Gasteiger partial charge in [-0.25, -0.2) is 18.4 Å². The summed E-state index contributed by atoms with van der Waals surface area (Å²) in [6.45, 7) is 1.74. The van der Waals surface area contributed by atoms with Crippen molar-refractivity contribution < 1.29 is 8.42 Å². The number of pyridine rings is 1. The third-order valence-corrected chi connectivity index (χ3v) is 6.29. The van der Waals surface area contributed by atoms with E-state index in [1.807, 2.05) is 6.26 Å². The number of hydrogen-bond donors (Lipinski definition) is 0. The van der Waals surface area contributed by atoms with Crippen molar-refractivity contribution in [3.8, 4) is 0 Å². The van der Waals surface area contributed by atoms with Crippen LogP contribution in [-0.4, -0.2) is 35.0 Å². The van der Waals surface area contributed by atoms with Gasteiger partial charge in [0.05, 0.1) is 17.2 Å². The maximum Gasteiger partial charge on any atom is 0.252 e. The van der Waals surface area contributed by atoms with Crippen LogP contribution < -0.4 is 5.56 Å². The van der Waals surface area contributed by atoms with Gasteiger partial charge in [-0.15, -0.1) is 0 Å². The number of fused-ring (bicyclic) bond motifs is 1. The Hall–Kier alpha value is -2.19.